The second-order valence-electron chi connectivity index (χ2n) is 3.83. The van der Waals surface area contributed by atoms with E-state index in [9.17, 15) is 14.0 Å². The predicted molar refractivity (Wildman–Crippen MR) is 67.3 cm³/mol. The van der Waals surface area contributed by atoms with Crippen LogP contribution in [0.1, 0.15) is 20.7 Å². The van der Waals surface area contributed by atoms with Gasteiger partial charge in [0.1, 0.15) is 5.82 Å². The number of halogens is 1. The summed E-state index contributed by atoms with van der Waals surface area (Å²) in [4.78, 5) is 27.2. The minimum Gasteiger partial charge on any atom is -0.344 e. The van der Waals surface area contributed by atoms with Gasteiger partial charge < -0.3 is 5.32 Å². The van der Waals surface area contributed by atoms with Crippen LogP contribution in [0.2, 0.25) is 0 Å². The number of rotatable bonds is 4. The van der Waals surface area contributed by atoms with Crippen molar-refractivity contribution < 1.29 is 14.0 Å². The van der Waals surface area contributed by atoms with Crippen LogP contribution < -0.4 is 5.32 Å². The third-order valence-electron chi connectivity index (χ3n) is 2.51. The van der Waals surface area contributed by atoms with E-state index in [-0.39, 0.29) is 17.9 Å². The van der Waals surface area contributed by atoms with Gasteiger partial charge in [-0.1, -0.05) is 12.1 Å². The molecular weight excluding hydrogens is 247 g/mol. The van der Waals surface area contributed by atoms with Gasteiger partial charge >= 0.3 is 0 Å². The first kappa shape index (κ1) is 12.9. The highest BCUT2D eigenvalue weighted by molar-refractivity contribution is 6.02. The topological polar surface area (TPSA) is 59.1 Å². The van der Waals surface area contributed by atoms with Crippen molar-refractivity contribution in [3.05, 3.63) is 65.7 Å². The number of aromatic nitrogens is 1. The number of carbonyl (C=O) groups excluding carboxylic acids is 2. The molecule has 0 spiro atoms. The summed E-state index contributed by atoms with van der Waals surface area (Å²) in [5.41, 5.74) is 0.317. The molecule has 0 saturated carbocycles. The van der Waals surface area contributed by atoms with Gasteiger partial charge in [-0.3, -0.25) is 14.6 Å². The maximum Gasteiger partial charge on any atom is 0.254 e. The van der Waals surface area contributed by atoms with E-state index in [0.29, 0.717) is 5.56 Å². The molecule has 0 radical (unpaired) electrons. The Bertz CT molecular complexity index is 599. The number of benzene rings is 1. The average molecular weight is 258 g/mol. The number of Topliss-reactive ketones (excluding diaryl/α,β-unsaturated/α-hetero) is 1. The highest BCUT2D eigenvalue weighted by atomic mass is 19.1. The normalized spacial score (nSPS) is 9.95. The summed E-state index contributed by atoms with van der Waals surface area (Å²) in [6, 6.07) is 8.83. The molecule has 0 aliphatic rings. The van der Waals surface area contributed by atoms with E-state index >= 15 is 0 Å². The van der Waals surface area contributed by atoms with Gasteiger partial charge in [-0.25, -0.2) is 4.39 Å². The molecule has 0 unspecified atom stereocenters. The lowest BCUT2D eigenvalue weighted by Crippen LogP contribution is -2.30. The van der Waals surface area contributed by atoms with Crippen molar-refractivity contribution in [3.8, 4) is 0 Å². The van der Waals surface area contributed by atoms with E-state index in [0.717, 1.165) is 0 Å². The van der Waals surface area contributed by atoms with Gasteiger partial charge in [0.05, 0.1) is 12.1 Å². The van der Waals surface area contributed by atoms with Crippen LogP contribution in [0.15, 0.2) is 48.8 Å². The maximum atomic E-state index is 13.3. The lowest BCUT2D eigenvalue weighted by molar-refractivity contribution is 0.0901. The lowest BCUT2D eigenvalue weighted by atomic mass is 10.1. The zero-order valence-electron chi connectivity index (χ0n) is 9.97. The number of ketones is 1. The molecule has 0 aliphatic carbocycles. The fourth-order valence-electron chi connectivity index (χ4n) is 1.53. The lowest BCUT2D eigenvalue weighted by Gasteiger charge is -2.05. The Morgan fingerprint density at radius 2 is 1.95 bits per heavy atom. The average Bonchev–Trinajstić information content (AvgIpc) is 2.46. The number of hydrogen-bond donors (Lipinski definition) is 1. The number of nitrogens with zero attached hydrogens (tertiary/aromatic N) is 1. The van der Waals surface area contributed by atoms with Crippen molar-refractivity contribution in [1.29, 1.82) is 0 Å². The van der Waals surface area contributed by atoms with Crippen molar-refractivity contribution in [1.82, 2.24) is 10.3 Å². The molecule has 2 aromatic rings. The van der Waals surface area contributed by atoms with Crippen molar-refractivity contribution in [2.45, 2.75) is 0 Å². The highest BCUT2D eigenvalue weighted by Crippen LogP contribution is 2.05. The number of amides is 1. The molecule has 1 heterocycles. The van der Waals surface area contributed by atoms with Crippen molar-refractivity contribution >= 4 is 11.7 Å². The number of hydrogen-bond acceptors (Lipinski definition) is 3. The predicted octanol–water partition coefficient (Wildman–Crippen LogP) is 1.83. The molecule has 1 aromatic heterocycles. The zero-order chi connectivity index (χ0) is 13.7. The SMILES string of the molecule is O=C(CNC(=O)c1ccccc1F)c1cccnc1. The first-order valence-corrected chi connectivity index (χ1v) is 5.64. The zero-order valence-corrected chi connectivity index (χ0v) is 9.97. The van der Waals surface area contributed by atoms with E-state index in [1.165, 1.54) is 24.4 Å². The fourth-order valence-corrected chi connectivity index (χ4v) is 1.53. The molecule has 0 atom stereocenters. The summed E-state index contributed by atoms with van der Waals surface area (Å²) in [5.74, 6) is -1.51. The van der Waals surface area contributed by atoms with E-state index < -0.39 is 11.7 Å². The fraction of sp³-hybridized carbons (Fsp3) is 0.0714. The summed E-state index contributed by atoms with van der Waals surface area (Å²) in [6.07, 6.45) is 2.96. The molecule has 5 heteroatoms. The van der Waals surface area contributed by atoms with Crippen LogP contribution in [0, 0.1) is 5.82 Å². The van der Waals surface area contributed by atoms with Crippen molar-refractivity contribution in [2.75, 3.05) is 6.54 Å². The van der Waals surface area contributed by atoms with Gasteiger partial charge in [-0.05, 0) is 24.3 Å². The number of carbonyl (C=O) groups is 2. The first-order valence-electron chi connectivity index (χ1n) is 5.64. The molecule has 0 bridgehead atoms. The highest BCUT2D eigenvalue weighted by Gasteiger charge is 2.12. The number of pyridine rings is 1. The Balaban J connectivity index is 1.98. The summed E-state index contributed by atoms with van der Waals surface area (Å²) in [7, 11) is 0. The van der Waals surface area contributed by atoms with E-state index in [1.807, 2.05) is 0 Å². The quantitative estimate of drug-likeness (QED) is 0.851. The monoisotopic (exact) mass is 258 g/mol. The van der Waals surface area contributed by atoms with Crippen LogP contribution >= 0.6 is 0 Å². The second-order valence-corrected chi connectivity index (χ2v) is 3.83. The van der Waals surface area contributed by atoms with Gasteiger partial charge in [-0.15, -0.1) is 0 Å². The molecule has 19 heavy (non-hydrogen) atoms. The minimum absolute atomic E-state index is 0.0820. The summed E-state index contributed by atoms with van der Waals surface area (Å²) >= 11 is 0. The van der Waals surface area contributed by atoms with Crippen LogP contribution in [0.3, 0.4) is 0 Å². The molecule has 4 nitrogen and oxygen atoms in total. The van der Waals surface area contributed by atoms with Crippen molar-refractivity contribution in [2.24, 2.45) is 0 Å². The van der Waals surface area contributed by atoms with Gasteiger partial charge in [0.2, 0.25) is 0 Å². The molecule has 0 aliphatic heterocycles. The molecule has 1 aromatic carbocycles. The molecule has 0 fully saturated rings. The van der Waals surface area contributed by atoms with Crippen LogP contribution in [-0.4, -0.2) is 23.2 Å². The van der Waals surface area contributed by atoms with E-state index in [2.05, 4.69) is 10.3 Å². The first-order chi connectivity index (χ1) is 9.18. The summed E-state index contributed by atoms with van der Waals surface area (Å²) in [6.45, 7) is -0.196. The molecule has 2 rings (SSSR count). The van der Waals surface area contributed by atoms with Crippen LogP contribution in [0.5, 0.6) is 0 Å². The molecule has 96 valence electrons. The molecule has 1 amide bonds. The van der Waals surface area contributed by atoms with Gasteiger partial charge in [0, 0.05) is 18.0 Å². The van der Waals surface area contributed by atoms with Crippen LogP contribution in [-0.2, 0) is 0 Å². The van der Waals surface area contributed by atoms with E-state index in [1.54, 1.807) is 24.4 Å². The Hall–Kier alpha value is -2.56. The molecule has 0 saturated heterocycles. The summed E-state index contributed by atoms with van der Waals surface area (Å²) in [5, 5.41) is 2.38. The van der Waals surface area contributed by atoms with Gasteiger partial charge in [0.15, 0.2) is 5.78 Å². The van der Waals surface area contributed by atoms with Crippen LogP contribution in [0.4, 0.5) is 4.39 Å². The largest absolute Gasteiger partial charge is 0.344 e. The third kappa shape index (κ3) is 3.22. The second kappa shape index (κ2) is 5.86. The third-order valence-corrected chi connectivity index (χ3v) is 2.51. The maximum absolute atomic E-state index is 13.3. The van der Waals surface area contributed by atoms with Gasteiger partial charge in [0.25, 0.3) is 5.91 Å². The van der Waals surface area contributed by atoms with Crippen molar-refractivity contribution in [3.63, 3.8) is 0 Å². The Morgan fingerprint density at radius 3 is 2.63 bits per heavy atom. The Kier molecular flexibility index (Phi) is 3.97. The van der Waals surface area contributed by atoms with Crippen LogP contribution in [0.25, 0.3) is 0 Å². The smallest absolute Gasteiger partial charge is 0.254 e. The molecule has 1 N–H and O–H groups in total. The standard InChI is InChI=1S/C14H11FN2O2/c15-12-6-2-1-5-11(12)14(19)17-9-13(18)10-4-3-7-16-8-10/h1-8H,9H2,(H,17,19). The Morgan fingerprint density at radius 1 is 1.16 bits per heavy atom. The summed E-state index contributed by atoms with van der Waals surface area (Å²) < 4.78 is 13.3. The number of nitrogens with one attached hydrogen (secondary N) is 1. The minimum atomic E-state index is -0.617. The van der Waals surface area contributed by atoms with Gasteiger partial charge in [-0.2, -0.15) is 0 Å². The Labute approximate surface area is 109 Å². The molecular formula is C14H11FN2O2. The van der Waals surface area contributed by atoms with E-state index in [4.69, 9.17) is 0 Å².